The van der Waals surface area contributed by atoms with E-state index in [1.54, 1.807) is 6.92 Å². The smallest absolute Gasteiger partial charge is 0.325 e. The Morgan fingerprint density at radius 2 is 1.41 bits per heavy atom. The molecule has 0 spiro atoms. The number of rotatable bonds is 11. The number of carbonyl (C=O) groups is 7. The molecule has 0 aromatic rings. The average Bonchev–Trinajstić information content (AvgIpc) is 2.81. The van der Waals surface area contributed by atoms with Crippen LogP contribution in [-0.2, 0) is 62.0 Å². The Morgan fingerprint density at radius 1 is 0.784 bits per heavy atom. The van der Waals surface area contributed by atoms with E-state index in [1.165, 1.54) is 7.11 Å². The number of hydrogen-bond acceptors (Lipinski definition) is 13. The summed E-state index contributed by atoms with van der Waals surface area (Å²) < 4.78 is 30.9. The number of amides is 3. The monoisotopic (exact) mass is 533 g/mol. The molecule has 0 aromatic heterocycles. The molecular formula is C21H31N3O13. The molecule has 1 aliphatic rings. The third-order valence-corrected chi connectivity index (χ3v) is 4.58. The molecule has 16 nitrogen and oxygen atoms in total. The Balaban J connectivity index is 2.97. The van der Waals surface area contributed by atoms with E-state index in [4.69, 9.17) is 23.7 Å². The van der Waals surface area contributed by atoms with Crippen molar-refractivity contribution in [2.45, 2.75) is 58.3 Å². The van der Waals surface area contributed by atoms with E-state index in [1.807, 2.05) is 0 Å². The van der Waals surface area contributed by atoms with Crippen LogP contribution in [0.15, 0.2) is 0 Å². The molecule has 0 bridgehead atoms. The number of carbonyl (C=O) groups excluding carboxylic acids is 7. The summed E-state index contributed by atoms with van der Waals surface area (Å²) >= 11 is 0. The molecule has 16 heteroatoms. The highest BCUT2D eigenvalue weighted by Gasteiger charge is 2.51. The zero-order chi connectivity index (χ0) is 28.1. The van der Waals surface area contributed by atoms with Crippen molar-refractivity contribution in [1.29, 1.82) is 0 Å². The number of ether oxygens (including phenoxy) is 6. The molecule has 0 saturated carbocycles. The first kappa shape index (κ1) is 31.2. The van der Waals surface area contributed by atoms with Gasteiger partial charge in [-0.15, -0.1) is 0 Å². The standard InChI is InChI=1S/C21H31N3O13/c1-6-33-15(29)8-22-14(28)7-23-19(30)20(31)24-16-18(36-12(4)27)17(35-11(3)26)13(9-34-10(2)25)37-21(16)32-5/h13,16-18,21H,6-9H2,1-5H3,(H,22,28)(H,23,30)(H,24,31)/t13-,16-,17-,18-,21+/m1/s1. The zero-order valence-corrected chi connectivity index (χ0v) is 21.0. The minimum atomic E-state index is -1.43. The van der Waals surface area contributed by atoms with E-state index in [-0.39, 0.29) is 6.61 Å². The third kappa shape index (κ3) is 10.8. The SMILES string of the molecule is CCOC(=O)CNC(=O)CNC(=O)C(=O)N[C@H]1[C@@H](OC)O[C@H](COC(C)=O)[C@@H](OC(C)=O)[C@@H]1OC(C)=O. The van der Waals surface area contributed by atoms with Crippen LogP contribution < -0.4 is 16.0 Å². The van der Waals surface area contributed by atoms with Crippen molar-refractivity contribution in [3.8, 4) is 0 Å². The maximum atomic E-state index is 12.5. The molecule has 1 heterocycles. The number of esters is 4. The lowest BCUT2D eigenvalue weighted by atomic mass is 9.96. The summed E-state index contributed by atoms with van der Waals surface area (Å²) in [5.41, 5.74) is 0. The molecule has 1 aliphatic heterocycles. The summed E-state index contributed by atoms with van der Waals surface area (Å²) in [7, 11) is 1.19. The summed E-state index contributed by atoms with van der Waals surface area (Å²) in [5.74, 6) is -6.28. The van der Waals surface area contributed by atoms with Crippen molar-refractivity contribution < 1.29 is 62.0 Å². The zero-order valence-electron chi connectivity index (χ0n) is 21.0. The van der Waals surface area contributed by atoms with Gasteiger partial charge in [-0.3, -0.25) is 33.6 Å². The highest BCUT2D eigenvalue weighted by molar-refractivity contribution is 6.35. The minimum absolute atomic E-state index is 0.121. The Hall–Kier alpha value is -3.79. The number of methoxy groups -OCH3 is 1. The predicted octanol–water partition coefficient (Wildman–Crippen LogP) is -2.94. The number of hydrogen-bond donors (Lipinski definition) is 3. The van der Waals surface area contributed by atoms with Crippen LogP contribution in [0, 0.1) is 0 Å². The molecule has 1 fully saturated rings. The first-order chi connectivity index (χ1) is 17.4. The Bertz CT molecular complexity index is 878. The second-order valence-corrected chi connectivity index (χ2v) is 7.49. The van der Waals surface area contributed by atoms with Crippen LogP contribution >= 0.6 is 0 Å². The van der Waals surface area contributed by atoms with E-state index in [0.717, 1.165) is 20.8 Å². The van der Waals surface area contributed by atoms with Crippen molar-refractivity contribution >= 4 is 41.6 Å². The van der Waals surface area contributed by atoms with Crippen molar-refractivity contribution in [3.63, 3.8) is 0 Å². The van der Waals surface area contributed by atoms with Gasteiger partial charge in [0.05, 0.1) is 13.2 Å². The quantitative estimate of drug-likeness (QED) is 0.138. The predicted molar refractivity (Wildman–Crippen MR) is 118 cm³/mol. The Labute approximate surface area is 211 Å². The molecule has 0 aromatic carbocycles. The van der Waals surface area contributed by atoms with Crippen LogP contribution in [0.25, 0.3) is 0 Å². The summed E-state index contributed by atoms with van der Waals surface area (Å²) in [6, 6.07) is -1.37. The molecule has 0 radical (unpaired) electrons. The Morgan fingerprint density at radius 3 is 1.95 bits per heavy atom. The van der Waals surface area contributed by atoms with Gasteiger partial charge in [0, 0.05) is 27.9 Å². The van der Waals surface area contributed by atoms with Gasteiger partial charge in [0.2, 0.25) is 5.91 Å². The van der Waals surface area contributed by atoms with Gasteiger partial charge in [-0.25, -0.2) is 0 Å². The second kappa shape index (κ2) is 15.4. The Kier molecular flexibility index (Phi) is 13.0. The summed E-state index contributed by atoms with van der Waals surface area (Å²) in [6.45, 7) is 3.50. The van der Waals surface area contributed by atoms with E-state index >= 15 is 0 Å². The van der Waals surface area contributed by atoms with Gasteiger partial charge in [0.15, 0.2) is 18.5 Å². The first-order valence-electron chi connectivity index (χ1n) is 11.1. The van der Waals surface area contributed by atoms with Crippen molar-refractivity contribution in [1.82, 2.24) is 16.0 Å². The van der Waals surface area contributed by atoms with Crippen LogP contribution in [0.1, 0.15) is 27.7 Å². The van der Waals surface area contributed by atoms with E-state index in [2.05, 4.69) is 20.7 Å². The lowest BCUT2D eigenvalue weighted by molar-refractivity contribution is -0.271. The van der Waals surface area contributed by atoms with E-state index in [0.29, 0.717) is 0 Å². The molecular weight excluding hydrogens is 502 g/mol. The van der Waals surface area contributed by atoms with E-state index in [9.17, 15) is 33.6 Å². The molecule has 3 amide bonds. The summed E-state index contributed by atoms with van der Waals surface area (Å²) in [5, 5.41) is 6.52. The fraction of sp³-hybridized carbons (Fsp3) is 0.667. The van der Waals surface area contributed by atoms with Crippen LogP contribution in [0.2, 0.25) is 0 Å². The molecule has 0 aliphatic carbocycles. The first-order valence-corrected chi connectivity index (χ1v) is 11.1. The van der Waals surface area contributed by atoms with Crippen LogP contribution in [0.4, 0.5) is 0 Å². The molecule has 1 saturated heterocycles. The molecule has 1 rings (SSSR count). The summed E-state index contributed by atoms with van der Waals surface area (Å²) in [6.07, 6.45) is -5.30. The van der Waals surface area contributed by atoms with Crippen LogP contribution in [0.5, 0.6) is 0 Å². The molecule has 5 atom stereocenters. The lowest BCUT2D eigenvalue weighted by Crippen LogP contribution is -2.67. The van der Waals surface area contributed by atoms with Crippen molar-refractivity contribution in [2.75, 3.05) is 33.4 Å². The van der Waals surface area contributed by atoms with Gasteiger partial charge in [-0.2, -0.15) is 0 Å². The van der Waals surface area contributed by atoms with Crippen molar-refractivity contribution in [3.05, 3.63) is 0 Å². The highest BCUT2D eigenvalue weighted by atomic mass is 16.7. The van der Waals surface area contributed by atoms with Gasteiger partial charge < -0.3 is 44.4 Å². The summed E-state index contributed by atoms with van der Waals surface area (Å²) in [4.78, 5) is 82.6. The van der Waals surface area contributed by atoms with Crippen molar-refractivity contribution in [2.24, 2.45) is 0 Å². The molecule has 0 unspecified atom stereocenters. The van der Waals surface area contributed by atoms with Gasteiger partial charge in [-0.05, 0) is 6.92 Å². The normalized spacial score (nSPS) is 22.6. The largest absolute Gasteiger partial charge is 0.465 e. The highest BCUT2D eigenvalue weighted by Crippen LogP contribution is 2.27. The van der Waals surface area contributed by atoms with Gasteiger partial charge >= 0.3 is 35.7 Å². The fourth-order valence-corrected chi connectivity index (χ4v) is 3.16. The topological polar surface area (TPSA) is 211 Å². The fourth-order valence-electron chi connectivity index (χ4n) is 3.16. The minimum Gasteiger partial charge on any atom is -0.465 e. The number of nitrogens with one attached hydrogen (secondary N) is 3. The van der Waals surface area contributed by atoms with Gasteiger partial charge in [-0.1, -0.05) is 0 Å². The third-order valence-electron chi connectivity index (χ3n) is 4.58. The maximum Gasteiger partial charge on any atom is 0.325 e. The van der Waals surface area contributed by atoms with Gasteiger partial charge in [0.25, 0.3) is 0 Å². The van der Waals surface area contributed by atoms with Crippen LogP contribution in [-0.4, -0.2) is 106 Å². The van der Waals surface area contributed by atoms with E-state index < -0.39 is 91.9 Å². The molecule has 37 heavy (non-hydrogen) atoms. The lowest BCUT2D eigenvalue weighted by Gasteiger charge is -2.44. The maximum absolute atomic E-state index is 12.5. The average molecular weight is 533 g/mol. The van der Waals surface area contributed by atoms with Crippen LogP contribution in [0.3, 0.4) is 0 Å². The second-order valence-electron chi connectivity index (χ2n) is 7.49. The molecule has 3 N–H and O–H groups in total. The molecule has 208 valence electrons. The van der Waals surface area contributed by atoms with Gasteiger partial charge in [0.1, 0.15) is 25.3 Å².